The third kappa shape index (κ3) is 2.70. The van der Waals surface area contributed by atoms with E-state index >= 15 is 0 Å². The van der Waals surface area contributed by atoms with Gasteiger partial charge in [-0.15, -0.1) is 0 Å². The summed E-state index contributed by atoms with van der Waals surface area (Å²) in [4.78, 5) is 12.7. The first-order valence-corrected chi connectivity index (χ1v) is 9.12. The predicted octanol–water partition coefficient (Wildman–Crippen LogP) is 3.30. The van der Waals surface area contributed by atoms with E-state index in [-0.39, 0.29) is 11.4 Å². The zero-order valence-corrected chi connectivity index (χ0v) is 12.8. The van der Waals surface area contributed by atoms with Gasteiger partial charge < -0.3 is 0 Å². The Labute approximate surface area is 119 Å². The molecule has 0 aliphatic carbocycles. The van der Waals surface area contributed by atoms with Gasteiger partial charge in [-0.25, -0.2) is 0 Å². The third-order valence-electron chi connectivity index (χ3n) is 3.04. The number of carbonyl (C=O) groups excluding carboxylic acids is 1. The fourth-order valence-electron chi connectivity index (χ4n) is 2.04. The molecule has 0 heterocycles. The second-order valence-electron chi connectivity index (χ2n) is 4.77. The summed E-state index contributed by atoms with van der Waals surface area (Å²) in [6.07, 6.45) is 0. The van der Waals surface area contributed by atoms with Crippen LogP contribution in [0.5, 0.6) is 0 Å². The average Bonchev–Trinajstić information content (AvgIpc) is 2.47. The maximum Gasteiger partial charge on any atom is 0.175 e. The van der Waals surface area contributed by atoms with Crippen LogP contribution in [-0.4, -0.2) is 5.52 Å². The maximum absolute atomic E-state index is 12.7. The maximum atomic E-state index is 12.7. The summed E-state index contributed by atoms with van der Waals surface area (Å²) < 4.78 is 0. The first kappa shape index (κ1) is 14.2. The molecule has 0 N–H and O–H groups in total. The van der Waals surface area contributed by atoms with Crippen LogP contribution in [0.1, 0.15) is 13.8 Å². The SMILES string of the molecule is CC(C)C(=O)P(=S)(c1ccccc1)c1ccccc1. The second-order valence-corrected chi connectivity index (χ2v) is 9.11. The monoisotopic (exact) mass is 288 g/mol. The highest BCUT2D eigenvalue weighted by atomic mass is 32.4. The first-order valence-electron chi connectivity index (χ1n) is 6.32. The molecule has 0 bridgehead atoms. The molecule has 0 amide bonds. The highest BCUT2D eigenvalue weighted by Crippen LogP contribution is 2.46. The Hall–Kier alpha value is -1.24. The average molecular weight is 288 g/mol. The Kier molecular flexibility index (Phi) is 4.34. The van der Waals surface area contributed by atoms with Gasteiger partial charge >= 0.3 is 0 Å². The Morgan fingerprint density at radius 1 is 0.895 bits per heavy atom. The summed E-state index contributed by atoms with van der Waals surface area (Å²) in [6.45, 7) is 3.85. The minimum Gasteiger partial charge on any atom is -0.293 e. The standard InChI is InChI=1S/C16H17OPS/c1-13(2)16(17)18(19,14-9-5-3-6-10-14)15-11-7-4-8-12-15/h3-13H,1-2H3. The van der Waals surface area contributed by atoms with Gasteiger partial charge in [0, 0.05) is 5.92 Å². The molecular formula is C16H17OPS. The van der Waals surface area contributed by atoms with Gasteiger partial charge in [0.2, 0.25) is 0 Å². The van der Waals surface area contributed by atoms with E-state index in [2.05, 4.69) is 0 Å². The van der Waals surface area contributed by atoms with E-state index in [0.717, 1.165) is 10.6 Å². The summed E-state index contributed by atoms with van der Waals surface area (Å²) >= 11 is 5.90. The smallest absolute Gasteiger partial charge is 0.175 e. The fourth-order valence-corrected chi connectivity index (χ4v) is 6.12. The van der Waals surface area contributed by atoms with Gasteiger partial charge in [-0.05, 0) is 10.6 Å². The molecule has 0 fully saturated rings. The quantitative estimate of drug-likeness (QED) is 0.803. The molecule has 0 radical (unpaired) electrons. The minimum atomic E-state index is -2.38. The Balaban J connectivity index is 2.65. The molecule has 0 aliphatic heterocycles. The van der Waals surface area contributed by atoms with Crippen molar-refractivity contribution < 1.29 is 4.79 Å². The molecule has 19 heavy (non-hydrogen) atoms. The van der Waals surface area contributed by atoms with Crippen LogP contribution < -0.4 is 10.6 Å². The third-order valence-corrected chi connectivity index (χ3v) is 8.04. The van der Waals surface area contributed by atoms with Gasteiger partial charge in [0.05, 0.1) is 6.04 Å². The second kappa shape index (κ2) is 5.81. The molecule has 2 aromatic carbocycles. The molecule has 2 rings (SSSR count). The van der Waals surface area contributed by atoms with Crippen molar-refractivity contribution in [1.82, 2.24) is 0 Å². The molecule has 3 heteroatoms. The van der Waals surface area contributed by atoms with Crippen molar-refractivity contribution in [3.63, 3.8) is 0 Å². The zero-order chi connectivity index (χ0) is 13.9. The lowest BCUT2D eigenvalue weighted by Gasteiger charge is -2.23. The summed E-state index contributed by atoms with van der Waals surface area (Å²) in [5, 5.41) is 1.96. The molecule has 0 aliphatic rings. The molecule has 0 aromatic heterocycles. The van der Waals surface area contributed by atoms with Gasteiger partial charge in [-0.3, -0.25) is 4.79 Å². The number of hydrogen-bond donors (Lipinski definition) is 0. The van der Waals surface area contributed by atoms with E-state index in [9.17, 15) is 4.79 Å². The van der Waals surface area contributed by atoms with E-state index in [1.54, 1.807) is 0 Å². The Bertz CT molecular complexity index is 562. The summed E-state index contributed by atoms with van der Waals surface area (Å²) in [7, 11) is 0. The number of benzene rings is 2. The van der Waals surface area contributed by atoms with Crippen LogP contribution in [0.15, 0.2) is 60.7 Å². The van der Waals surface area contributed by atoms with E-state index in [1.807, 2.05) is 74.5 Å². The van der Waals surface area contributed by atoms with Crippen molar-refractivity contribution in [2.45, 2.75) is 13.8 Å². The van der Waals surface area contributed by atoms with Gasteiger partial charge in [0.25, 0.3) is 0 Å². The number of carbonyl (C=O) groups is 1. The molecular weight excluding hydrogens is 271 g/mol. The first-order chi connectivity index (χ1) is 9.06. The summed E-state index contributed by atoms with van der Waals surface area (Å²) in [5.74, 6) is -0.0498. The molecule has 0 saturated carbocycles. The molecule has 0 unspecified atom stereocenters. The molecule has 0 saturated heterocycles. The summed E-state index contributed by atoms with van der Waals surface area (Å²) in [6, 6.07) is 17.3. The zero-order valence-electron chi connectivity index (χ0n) is 11.1. The number of hydrogen-bond acceptors (Lipinski definition) is 2. The molecule has 2 aromatic rings. The molecule has 1 nitrogen and oxygen atoms in total. The van der Waals surface area contributed by atoms with E-state index in [4.69, 9.17) is 11.8 Å². The fraction of sp³-hybridized carbons (Fsp3) is 0.188. The number of rotatable bonds is 4. The van der Waals surface area contributed by atoms with Crippen LogP contribution in [0.25, 0.3) is 0 Å². The van der Waals surface area contributed by atoms with Crippen LogP contribution in [0.2, 0.25) is 0 Å². The van der Waals surface area contributed by atoms with Gasteiger partial charge in [-0.2, -0.15) is 0 Å². The summed E-state index contributed by atoms with van der Waals surface area (Å²) in [5.41, 5.74) is 0.180. The highest BCUT2D eigenvalue weighted by molar-refractivity contribution is 8.29. The van der Waals surface area contributed by atoms with E-state index in [0.29, 0.717) is 0 Å². The van der Waals surface area contributed by atoms with E-state index in [1.165, 1.54) is 0 Å². The molecule has 0 atom stereocenters. The van der Waals surface area contributed by atoms with Crippen molar-refractivity contribution >= 4 is 34.0 Å². The van der Waals surface area contributed by atoms with Crippen LogP contribution in [-0.2, 0) is 16.6 Å². The van der Waals surface area contributed by atoms with Crippen LogP contribution in [0, 0.1) is 5.92 Å². The predicted molar refractivity (Wildman–Crippen MR) is 86.3 cm³/mol. The Morgan fingerprint density at radius 3 is 1.58 bits per heavy atom. The minimum absolute atomic E-state index is 0.0498. The van der Waals surface area contributed by atoms with Crippen LogP contribution in [0.3, 0.4) is 0 Å². The highest BCUT2D eigenvalue weighted by Gasteiger charge is 2.31. The van der Waals surface area contributed by atoms with Gasteiger partial charge in [0.1, 0.15) is 0 Å². The van der Waals surface area contributed by atoms with Gasteiger partial charge in [0.15, 0.2) is 5.52 Å². The van der Waals surface area contributed by atoms with Crippen LogP contribution >= 0.6 is 6.04 Å². The van der Waals surface area contributed by atoms with Crippen LogP contribution in [0.4, 0.5) is 0 Å². The lowest BCUT2D eigenvalue weighted by Crippen LogP contribution is -2.25. The van der Waals surface area contributed by atoms with Gasteiger partial charge in [-0.1, -0.05) is 86.3 Å². The lowest BCUT2D eigenvalue weighted by atomic mass is 10.3. The van der Waals surface area contributed by atoms with Crippen molar-refractivity contribution in [3.8, 4) is 0 Å². The molecule has 98 valence electrons. The van der Waals surface area contributed by atoms with Crippen molar-refractivity contribution in [1.29, 1.82) is 0 Å². The largest absolute Gasteiger partial charge is 0.293 e. The van der Waals surface area contributed by atoms with E-state index < -0.39 is 6.04 Å². The normalized spacial score (nSPS) is 11.5. The Morgan fingerprint density at radius 2 is 1.26 bits per heavy atom. The van der Waals surface area contributed by atoms with Crippen molar-refractivity contribution in [2.75, 3.05) is 0 Å². The molecule has 0 spiro atoms. The van der Waals surface area contributed by atoms with Crippen molar-refractivity contribution in [3.05, 3.63) is 60.7 Å². The van der Waals surface area contributed by atoms with Crippen molar-refractivity contribution in [2.24, 2.45) is 5.92 Å². The lowest BCUT2D eigenvalue weighted by molar-refractivity contribution is -0.113. The topological polar surface area (TPSA) is 17.1 Å².